The van der Waals surface area contributed by atoms with Gasteiger partial charge in [-0.25, -0.2) is 17.6 Å². The summed E-state index contributed by atoms with van der Waals surface area (Å²) in [5.41, 5.74) is -0.666. The van der Waals surface area contributed by atoms with Crippen molar-refractivity contribution in [2.75, 3.05) is 7.11 Å². The molecule has 23 heavy (non-hydrogen) atoms. The predicted molar refractivity (Wildman–Crippen MR) is 60.9 cm³/mol. The Hall–Kier alpha value is -1.85. The van der Waals surface area contributed by atoms with Gasteiger partial charge >= 0.3 is 23.3 Å². The standard InChI is InChI=1S/C11H7F7O4S/c1-22-8(19)6-3-2-4-7(5-6)23(20,21)9(12,10(13,14)15)11(16,17)18/h2-5H,1H3. The van der Waals surface area contributed by atoms with Crippen LogP contribution in [0.1, 0.15) is 10.4 Å². The monoisotopic (exact) mass is 368 g/mol. The highest BCUT2D eigenvalue weighted by Crippen LogP contribution is 2.51. The second-order valence-electron chi connectivity index (χ2n) is 4.11. The Morgan fingerprint density at radius 3 is 1.87 bits per heavy atom. The highest BCUT2D eigenvalue weighted by molar-refractivity contribution is 7.92. The molecular weight excluding hydrogens is 361 g/mol. The number of hydrogen-bond acceptors (Lipinski definition) is 4. The third-order valence-electron chi connectivity index (χ3n) is 2.66. The molecule has 0 aliphatic heterocycles. The fourth-order valence-electron chi connectivity index (χ4n) is 1.54. The van der Waals surface area contributed by atoms with Crippen LogP contribution in [0.15, 0.2) is 29.2 Å². The molecule has 0 aliphatic rings. The third-order valence-corrected chi connectivity index (χ3v) is 4.74. The van der Waals surface area contributed by atoms with Crippen molar-refractivity contribution in [3.05, 3.63) is 29.8 Å². The highest BCUT2D eigenvalue weighted by Gasteiger charge is 2.80. The van der Waals surface area contributed by atoms with Crippen molar-refractivity contribution in [2.45, 2.75) is 22.2 Å². The quantitative estimate of drug-likeness (QED) is 0.608. The summed E-state index contributed by atoms with van der Waals surface area (Å²) in [5, 5.41) is -6.53. The van der Waals surface area contributed by atoms with E-state index >= 15 is 0 Å². The Bertz CT molecular complexity index is 692. The molecule has 0 bridgehead atoms. The number of alkyl halides is 7. The van der Waals surface area contributed by atoms with Gasteiger partial charge in [-0.2, -0.15) is 26.3 Å². The lowest BCUT2D eigenvalue weighted by Crippen LogP contribution is -2.58. The molecule has 0 fully saturated rings. The van der Waals surface area contributed by atoms with Gasteiger partial charge in [0.15, 0.2) is 0 Å². The van der Waals surface area contributed by atoms with Crippen LogP contribution in [-0.2, 0) is 14.6 Å². The normalized spacial score (nSPS) is 13.7. The van der Waals surface area contributed by atoms with E-state index in [0.29, 0.717) is 12.1 Å². The molecule has 0 unspecified atom stereocenters. The summed E-state index contributed by atoms with van der Waals surface area (Å²) in [7, 11) is -5.76. The third kappa shape index (κ3) is 2.99. The summed E-state index contributed by atoms with van der Waals surface area (Å²) >= 11 is 0. The summed E-state index contributed by atoms with van der Waals surface area (Å²) in [6, 6.07) is 2.00. The Balaban J connectivity index is 3.66. The number of hydrogen-bond donors (Lipinski definition) is 0. The van der Waals surface area contributed by atoms with E-state index in [-0.39, 0.29) is 6.07 Å². The van der Waals surface area contributed by atoms with Gasteiger partial charge < -0.3 is 4.74 Å². The molecule has 0 saturated carbocycles. The largest absolute Gasteiger partial charge is 0.465 e. The van der Waals surface area contributed by atoms with E-state index in [0.717, 1.165) is 13.2 Å². The summed E-state index contributed by atoms with van der Waals surface area (Å²) in [4.78, 5) is 9.51. The minimum atomic E-state index is -6.79. The molecule has 1 rings (SSSR count). The number of esters is 1. The van der Waals surface area contributed by atoms with E-state index < -0.39 is 43.6 Å². The zero-order valence-electron chi connectivity index (χ0n) is 11.0. The summed E-state index contributed by atoms with van der Waals surface area (Å²) in [5.74, 6) is -1.23. The van der Waals surface area contributed by atoms with Gasteiger partial charge in [0.25, 0.3) is 0 Å². The van der Waals surface area contributed by atoms with Gasteiger partial charge in [0.2, 0.25) is 9.84 Å². The fraction of sp³-hybridized carbons (Fsp3) is 0.364. The zero-order chi connectivity index (χ0) is 18.3. The topological polar surface area (TPSA) is 60.4 Å². The molecule has 0 spiro atoms. The molecule has 0 atom stereocenters. The number of benzene rings is 1. The minimum absolute atomic E-state index is 0.160. The van der Waals surface area contributed by atoms with Gasteiger partial charge in [-0.1, -0.05) is 6.07 Å². The van der Waals surface area contributed by atoms with Gasteiger partial charge in [0.05, 0.1) is 17.6 Å². The van der Waals surface area contributed by atoms with Crippen molar-refractivity contribution in [1.29, 1.82) is 0 Å². The molecule has 0 heterocycles. The van der Waals surface area contributed by atoms with Crippen LogP contribution >= 0.6 is 0 Å². The van der Waals surface area contributed by atoms with Crippen LogP contribution in [-0.4, -0.2) is 38.9 Å². The maximum Gasteiger partial charge on any atom is 0.447 e. The molecule has 4 nitrogen and oxygen atoms in total. The molecule has 0 aliphatic carbocycles. The highest BCUT2D eigenvalue weighted by atomic mass is 32.2. The zero-order valence-corrected chi connectivity index (χ0v) is 11.8. The number of halogens is 7. The van der Waals surface area contributed by atoms with Gasteiger partial charge in [-0.3, -0.25) is 0 Å². The number of methoxy groups -OCH3 is 1. The molecule has 1 aromatic carbocycles. The van der Waals surface area contributed by atoms with Crippen LogP contribution < -0.4 is 0 Å². The molecule has 0 aromatic heterocycles. The molecule has 0 radical (unpaired) electrons. The van der Waals surface area contributed by atoms with E-state index in [2.05, 4.69) is 4.74 Å². The van der Waals surface area contributed by atoms with Gasteiger partial charge in [-0.05, 0) is 18.2 Å². The number of carbonyl (C=O) groups excluding carboxylic acids is 1. The van der Waals surface area contributed by atoms with E-state index in [9.17, 15) is 43.9 Å². The van der Waals surface area contributed by atoms with E-state index in [1.54, 1.807) is 0 Å². The first-order valence-corrected chi connectivity index (χ1v) is 6.94. The smallest absolute Gasteiger partial charge is 0.447 e. The summed E-state index contributed by atoms with van der Waals surface area (Å²) in [6.07, 6.45) is -13.6. The molecule has 0 saturated heterocycles. The fourth-order valence-corrected chi connectivity index (χ4v) is 3.01. The second kappa shape index (κ2) is 5.65. The van der Waals surface area contributed by atoms with Crippen LogP contribution in [0.2, 0.25) is 0 Å². The number of ether oxygens (including phenoxy) is 1. The average molecular weight is 368 g/mol. The van der Waals surface area contributed by atoms with Crippen LogP contribution in [0, 0.1) is 0 Å². The lowest BCUT2D eigenvalue weighted by molar-refractivity contribution is -0.305. The molecule has 0 N–H and O–H groups in total. The first kappa shape index (κ1) is 19.2. The molecule has 0 amide bonds. The Morgan fingerprint density at radius 2 is 1.48 bits per heavy atom. The first-order chi connectivity index (χ1) is 10.2. The Kier molecular flexibility index (Phi) is 4.72. The Labute approximate surface area is 124 Å². The SMILES string of the molecule is COC(=O)c1cccc(S(=O)(=O)C(F)(C(F)(F)F)C(F)(F)F)c1. The summed E-state index contributed by atoms with van der Waals surface area (Å²) < 4.78 is 116. The van der Waals surface area contributed by atoms with Crippen molar-refractivity contribution in [3.8, 4) is 0 Å². The van der Waals surface area contributed by atoms with Crippen molar-refractivity contribution >= 4 is 15.8 Å². The van der Waals surface area contributed by atoms with Gasteiger partial charge in [-0.15, -0.1) is 0 Å². The van der Waals surface area contributed by atoms with Crippen LogP contribution in [0.3, 0.4) is 0 Å². The van der Waals surface area contributed by atoms with E-state index in [1.807, 2.05) is 0 Å². The second-order valence-corrected chi connectivity index (χ2v) is 6.15. The number of carbonyl (C=O) groups is 1. The molecule has 130 valence electrons. The molecule has 12 heteroatoms. The van der Waals surface area contributed by atoms with E-state index in [1.165, 1.54) is 0 Å². The lowest BCUT2D eigenvalue weighted by atomic mass is 10.2. The van der Waals surface area contributed by atoms with Gasteiger partial charge in [0.1, 0.15) is 0 Å². The summed E-state index contributed by atoms with van der Waals surface area (Å²) in [6.45, 7) is 0. The van der Waals surface area contributed by atoms with Gasteiger partial charge in [0, 0.05) is 0 Å². The van der Waals surface area contributed by atoms with Crippen molar-refractivity contribution in [1.82, 2.24) is 0 Å². The molecular formula is C11H7F7O4S. The number of sulfone groups is 1. The average Bonchev–Trinajstić information content (AvgIpc) is 2.43. The van der Waals surface area contributed by atoms with E-state index in [4.69, 9.17) is 0 Å². The van der Waals surface area contributed by atoms with Crippen LogP contribution in [0.5, 0.6) is 0 Å². The predicted octanol–water partition coefficient (Wildman–Crippen LogP) is 3.04. The Morgan fingerprint density at radius 1 is 1.00 bits per heavy atom. The van der Waals surface area contributed by atoms with Crippen molar-refractivity contribution in [3.63, 3.8) is 0 Å². The minimum Gasteiger partial charge on any atom is -0.465 e. The first-order valence-electron chi connectivity index (χ1n) is 5.45. The van der Waals surface area contributed by atoms with Crippen LogP contribution in [0.25, 0.3) is 0 Å². The van der Waals surface area contributed by atoms with Crippen molar-refractivity contribution < 1.29 is 48.7 Å². The lowest BCUT2D eigenvalue weighted by Gasteiger charge is -2.29. The maximum atomic E-state index is 13.7. The van der Waals surface area contributed by atoms with Crippen LogP contribution in [0.4, 0.5) is 30.7 Å². The number of rotatable bonds is 3. The molecule has 1 aromatic rings. The maximum absolute atomic E-state index is 13.7. The van der Waals surface area contributed by atoms with Crippen molar-refractivity contribution in [2.24, 2.45) is 0 Å².